The summed E-state index contributed by atoms with van der Waals surface area (Å²) in [6.45, 7) is 3.01. The molecule has 1 aliphatic rings. The van der Waals surface area contributed by atoms with E-state index in [0.717, 1.165) is 18.0 Å². The summed E-state index contributed by atoms with van der Waals surface area (Å²) in [5.74, 6) is 2.44. The van der Waals surface area contributed by atoms with Crippen LogP contribution in [0.2, 0.25) is 0 Å². The van der Waals surface area contributed by atoms with E-state index in [1.807, 2.05) is 36.0 Å². The number of para-hydroxylation sites is 2. The van der Waals surface area contributed by atoms with Crippen molar-refractivity contribution in [3.63, 3.8) is 0 Å². The zero-order chi connectivity index (χ0) is 13.7. The SMILES string of the molecule is COc1ccccc1NC(N)=NCC1(C)CCCS1.I. The fraction of sp³-hybridized carbons (Fsp3) is 0.500. The number of rotatable bonds is 4. The molecule has 0 radical (unpaired) electrons. The fourth-order valence-corrected chi connectivity index (χ4v) is 3.37. The molecule has 2 rings (SSSR count). The normalized spacial score (nSPS) is 22.2. The average molecular weight is 407 g/mol. The number of anilines is 1. The average Bonchev–Trinajstić information content (AvgIpc) is 2.85. The Hall–Kier alpha value is -0.630. The molecule has 0 aliphatic carbocycles. The highest BCUT2D eigenvalue weighted by Gasteiger charge is 2.29. The number of thioether (sulfide) groups is 1. The highest BCUT2D eigenvalue weighted by atomic mass is 127. The van der Waals surface area contributed by atoms with Gasteiger partial charge in [0.2, 0.25) is 0 Å². The molecule has 0 amide bonds. The van der Waals surface area contributed by atoms with Crippen LogP contribution in [-0.2, 0) is 0 Å². The van der Waals surface area contributed by atoms with Gasteiger partial charge in [-0.15, -0.1) is 24.0 Å². The minimum absolute atomic E-state index is 0. The number of nitrogens with zero attached hydrogens (tertiary/aromatic N) is 1. The molecule has 1 atom stereocenters. The maximum absolute atomic E-state index is 5.94. The van der Waals surface area contributed by atoms with Crippen molar-refractivity contribution in [3.05, 3.63) is 24.3 Å². The van der Waals surface area contributed by atoms with E-state index in [-0.39, 0.29) is 28.7 Å². The molecular weight excluding hydrogens is 385 g/mol. The minimum atomic E-state index is 0. The number of ether oxygens (including phenoxy) is 1. The molecule has 20 heavy (non-hydrogen) atoms. The van der Waals surface area contributed by atoms with Gasteiger partial charge in [0.1, 0.15) is 5.75 Å². The van der Waals surface area contributed by atoms with E-state index in [9.17, 15) is 0 Å². The van der Waals surface area contributed by atoms with Gasteiger partial charge in [-0.2, -0.15) is 11.8 Å². The van der Waals surface area contributed by atoms with Crippen molar-refractivity contribution >= 4 is 47.4 Å². The van der Waals surface area contributed by atoms with E-state index in [1.165, 1.54) is 18.6 Å². The van der Waals surface area contributed by atoms with Crippen LogP contribution in [0, 0.1) is 0 Å². The molecule has 1 saturated heterocycles. The van der Waals surface area contributed by atoms with Crippen molar-refractivity contribution in [1.82, 2.24) is 0 Å². The molecule has 1 fully saturated rings. The Morgan fingerprint density at radius 1 is 1.50 bits per heavy atom. The van der Waals surface area contributed by atoms with Crippen molar-refractivity contribution in [2.24, 2.45) is 10.7 Å². The van der Waals surface area contributed by atoms with Crippen LogP contribution in [0.4, 0.5) is 5.69 Å². The van der Waals surface area contributed by atoms with Crippen molar-refractivity contribution < 1.29 is 4.74 Å². The summed E-state index contributed by atoms with van der Waals surface area (Å²) in [7, 11) is 1.64. The maximum atomic E-state index is 5.94. The number of hydrogen-bond acceptors (Lipinski definition) is 3. The lowest BCUT2D eigenvalue weighted by Gasteiger charge is -2.20. The van der Waals surface area contributed by atoms with Crippen LogP contribution in [0.3, 0.4) is 0 Å². The third kappa shape index (κ3) is 4.73. The molecule has 1 aromatic carbocycles. The lowest BCUT2D eigenvalue weighted by Crippen LogP contribution is -2.27. The number of methoxy groups -OCH3 is 1. The third-order valence-electron chi connectivity index (χ3n) is 3.25. The number of nitrogens with two attached hydrogens (primary N) is 1. The quantitative estimate of drug-likeness (QED) is 0.457. The maximum Gasteiger partial charge on any atom is 0.193 e. The molecule has 6 heteroatoms. The first kappa shape index (κ1) is 17.4. The van der Waals surface area contributed by atoms with Gasteiger partial charge in [0.05, 0.1) is 19.3 Å². The Kier molecular flexibility index (Phi) is 6.94. The molecule has 1 heterocycles. The zero-order valence-electron chi connectivity index (χ0n) is 11.9. The monoisotopic (exact) mass is 407 g/mol. The summed E-state index contributed by atoms with van der Waals surface area (Å²) < 4.78 is 5.51. The van der Waals surface area contributed by atoms with Crippen molar-refractivity contribution in [2.75, 3.05) is 24.7 Å². The molecule has 0 saturated carbocycles. The van der Waals surface area contributed by atoms with Gasteiger partial charge in [0, 0.05) is 4.75 Å². The van der Waals surface area contributed by atoms with Crippen LogP contribution >= 0.6 is 35.7 Å². The first-order chi connectivity index (χ1) is 9.13. The van der Waals surface area contributed by atoms with Gasteiger partial charge < -0.3 is 15.8 Å². The number of hydrogen-bond donors (Lipinski definition) is 2. The van der Waals surface area contributed by atoms with E-state index >= 15 is 0 Å². The van der Waals surface area contributed by atoms with Crippen LogP contribution in [0.15, 0.2) is 29.3 Å². The first-order valence-electron chi connectivity index (χ1n) is 6.47. The predicted molar refractivity (Wildman–Crippen MR) is 98.6 cm³/mol. The molecule has 3 N–H and O–H groups in total. The van der Waals surface area contributed by atoms with Crippen LogP contribution in [-0.4, -0.2) is 30.1 Å². The molecular formula is C14H22IN3OS. The third-order valence-corrected chi connectivity index (χ3v) is 4.78. The lowest BCUT2D eigenvalue weighted by atomic mass is 10.1. The minimum Gasteiger partial charge on any atom is -0.495 e. The van der Waals surface area contributed by atoms with Crippen LogP contribution in [0.25, 0.3) is 0 Å². The smallest absolute Gasteiger partial charge is 0.193 e. The van der Waals surface area contributed by atoms with Crippen molar-refractivity contribution in [1.29, 1.82) is 0 Å². The van der Waals surface area contributed by atoms with E-state index in [4.69, 9.17) is 10.5 Å². The van der Waals surface area contributed by atoms with Gasteiger partial charge in [0.15, 0.2) is 5.96 Å². The Labute approximate surface area is 142 Å². The first-order valence-corrected chi connectivity index (χ1v) is 7.45. The second kappa shape index (κ2) is 7.97. The van der Waals surface area contributed by atoms with Gasteiger partial charge in [-0.25, -0.2) is 0 Å². The number of aliphatic imine (C=N–C) groups is 1. The van der Waals surface area contributed by atoms with E-state index in [1.54, 1.807) is 7.11 Å². The highest BCUT2D eigenvalue weighted by Crippen LogP contribution is 2.37. The molecule has 1 aromatic rings. The molecule has 4 nitrogen and oxygen atoms in total. The highest BCUT2D eigenvalue weighted by molar-refractivity contribution is 14.0. The summed E-state index contributed by atoms with van der Waals surface area (Å²) in [5, 5.41) is 3.10. The zero-order valence-corrected chi connectivity index (χ0v) is 15.0. The van der Waals surface area contributed by atoms with E-state index in [0.29, 0.717) is 5.96 Å². The second-order valence-corrected chi connectivity index (χ2v) is 6.61. The van der Waals surface area contributed by atoms with E-state index < -0.39 is 0 Å². The molecule has 0 aromatic heterocycles. The topological polar surface area (TPSA) is 59.6 Å². The van der Waals surface area contributed by atoms with Gasteiger partial charge in [-0.3, -0.25) is 4.99 Å². The Bertz CT molecular complexity index is 461. The Morgan fingerprint density at radius 3 is 2.90 bits per heavy atom. The molecule has 0 spiro atoms. The largest absolute Gasteiger partial charge is 0.495 e. The summed E-state index contributed by atoms with van der Waals surface area (Å²) in [6, 6.07) is 7.68. The van der Waals surface area contributed by atoms with E-state index in [2.05, 4.69) is 17.2 Å². The van der Waals surface area contributed by atoms with Gasteiger partial charge in [0.25, 0.3) is 0 Å². The number of guanidine groups is 1. The summed E-state index contributed by atoms with van der Waals surface area (Å²) in [6.07, 6.45) is 2.49. The van der Waals surface area contributed by atoms with Crippen LogP contribution in [0.1, 0.15) is 19.8 Å². The van der Waals surface area contributed by atoms with Crippen molar-refractivity contribution in [2.45, 2.75) is 24.5 Å². The van der Waals surface area contributed by atoms with Crippen LogP contribution in [0.5, 0.6) is 5.75 Å². The Morgan fingerprint density at radius 2 is 2.25 bits per heavy atom. The lowest BCUT2D eigenvalue weighted by molar-refractivity contribution is 0.417. The Balaban J connectivity index is 0.00000200. The molecule has 1 unspecified atom stereocenters. The van der Waals surface area contributed by atoms with Gasteiger partial charge in [-0.05, 0) is 37.7 Å². The number of halogens is 1. The predicted octanol–water partition coefficient (Wildman–Crippen LogP) is 3.33. The van der Waals surface area contributed by atoms with Gasteiger partial charge in [-0.1, -0.05) is 12.1 Å². The van der Waals surface area contributed by atoms with Gasteiger partial charge >= 0.3 is 0 Å². The standard InChI is InChI=1S/C14H21N3OS.HI/c1-14(8-5-9-19-14)10-16-13(15)17-11-6-3-4-7-12(11)18-2;/h3-4,6-7H,5,8-10H2,1-2H3,(H3,15,16,17);1H. The molecule has 0 bridgehead atoms. The fourth-order valence-electron chi connectivity index (χ4n) is 2.14. The summed E-state index contributed by atoms with van der Waals surface area (Å²) in [4.78, 5) is 4.46. The number of nitrogens with one attached hydrogen (secondary N) is 1. The summed E-state index contributed by atoms with van der Waals surface area (Å²) in [5.41, 5.74) is 6.78. The summed E-state index contributed by atoms with van der Waals surface area (Å²) >= 11 is 1.99. The second-order valence-electron chi connectivity index (χ2n) is 4.93. The molecule has 1 aliphatic heterocycles. The number of benzene rings is 1. The van der Waals surface area contributed by atoms with Crippen molar-refractivity contribution in [3.8, 4) is 5.75 Å². The van der Waals surface area contributed by atoms with Crippen LogP contribution < -0.4 is 15.8 Å². The molecule has 112 valence electrons.